The van der Waals surface area contributed by atoms with Crippen LogP contribution in [0, 0.1) is 13.8 Å². The minimum Gasteiger partial charge on any atom is -0.497 e. The summed E-state index contributed by atoms with van der Waals surface area (Å²) in [6.45, 7) is 3.39. The second kappa shape index (κ2) is 7.74. The van der Waals surface area contributed by atoms with Gasteiger partial charge in [0.15, 0.2) is 0 Å². The Morgan fingerprint density at radius 2 is 1.44 bits per heavy atom. The first-order valence-corrected chi connectivity index (χ1v) is 8.27. The number of amides is 2. The fourth-order valence-electron chi connectivity index (χ4n) is 2.58. The van der Waals surface area contributed by atoms with Gasteiger partial charge in [0, 0.05) is 16.9 Å². The Labute approximate surface area is 156 Å². The topological polar surface area (TPSA) is 93.5 Å². The van der Waals surface area contributed by atoms with E-state index >= 15 is 0 Å². The van der Waals surface area contributed by atoms with Crippen molar-refractivity contribution < 1.29 is 18.8 Å². The highest BCUT2D eigenvalue weighted by molar-refractivity contribution is 6.07. The van der Waals surface area contributed by atoms with Crippen molar-refractivity contribution in [2.75, 3.05) is 17.7 Å². The van der Waals surface area contributed by atoms with Gasteiger partial charge in [0.05, 0.1) is 12.8 Å². The number of benzene rings is 2. The fraction of sp³-hybridized carbons (Fsp3) is 0.150. The maximum atomic E-state index is 12.3. The number of ether oxygens (including phenoxy) is 1. The Morgan fingerprint density at radius 1 is 0.889 bits per heavy atom. The van der Waals surface area contributed by atoms with Crippen LogP contribution in [0.1, 0.15) is 32.2 Å². The van der Waals surface area contributed by atoms with E-state index in [1.807, 2.05) is 0 Å². The van der Waals surface area contributed by atoms with E-state index in [2.05, 4.69) is 15.8 Å². The summed E-state index contributed by atoms with van der Waals surface area (Å²) in [7, 11) is 1.58. The molecule has 3 rings (SSSR count). The maximum Gasteiger partial charge on any atom is 0.261 e. The molecule has 0 aliphatic rings. The smallest absolute Gasteiger partial charge is 0.261 e. The summed E-state index contributed by atoms with van der Waals surface area (Å²) in [6.07, 6.45) is 0. The summed E-state index contributed by atoms with van der Waals surface area (Å²) >= 11 is 0. The summed E-state index contributed by atoms with van der Waals surface area (Å²) in [5, 5.41) is 9.34. The second-order valence-corrected chi connectivity index (χ2v) is 5.91. The molecule has 1 aromatic heterocycles. The number of nitrogens with zero attached hydrogens (tertiary/aromatic N) is 1. The second-order valence-electron chi connectivity index (χ2n) is 5.91. The summed E-state index contributed by atoms with van der Waals surface area (Å²) in [6, 6.07) is 13.7. The van der Waals surface area contributed by atoms with Gasteiger partial charge in [0.25, 0.3) is 11.8 Å². The van der Waals surface area contributed by atoms with Crippen LogP contribution in [0.2, 0.25) is 0 Å². The first-order chi connectivity index (χ1) is 13.0. The molecule has 0 fully saturated rings. The summed E-state index contributed by atoms with van der Waals surface area (Å²) in [4.78, 5) is 24.7. The Balaban J connectivity index is 1.65. The van der Waals surface area contributed by atoms with Gasteiger partial charge in [-0.3, -0.25) is 9.59 Å². The lowest BCUT2D eigenvalue weighted by atomic mass is 10.1. The number of rotatable bonds is 5. The van der Waals surface area contributed by atoms with Crippen molar-refractivity contribution in [1.82, 2.24) is 5.16 Å². The predicted octanol–water partition coefficient (Wildman–Crippen LogP) is 3.80. The molecule has 7 heteroatoms. The number of hydrogen-bond donors (Lipinski definition) is 2. The van der Waals surface area contributed by atoms with E-state index in [4.69, 9.17) is 9.26 Å². The van der Waals surface area contributed by atoms with Crippen LogP contribution in [-0.2, 0) is 0 Å². The van der Waals surface area contributed by atoms with Crippen LogP contribution >= 0.6 is 0 Å². The third-order valence-corrected chi connectivity index (χ3v) is 4.01. The molecule has 0 saturated heterocycles. The molecule has 0 bridgehead atoms. The highest BCUT2D eigenvalue weighted by Gasteiger charge is 2.17. The normalized spacial score (nSPS) is 10.3. The van der Waals surface area contributed by atoms with Gasteiger partial charge in [-0.1, -0.05) is 5.16 Å². The molecular weight excluding hydrogens is 346 g/mol. The van der Waals surface area contributed by atoms with Gasteiger partial charge in [-0.15, -0.1) is 0 Å². The largest absolute Gasteiger partial charge is 0.497 e. The van der Waals surface area contributed by atoms with E-state index in [1.54, 1.807) is 69.5 Å². The molecule has 2 aromatic carbocycles. The van der Waals surface area contributed by atoms with Crippen LogP contribution in [0.5, 0.6) is 5.75 Å². The fourth-order valence-corrected chi connectivity index (χ4v) is 2.58. The van der Waals surface area contributed by atoms with Gasteiger partial charge >= 0.3 is 0 Å². The van der Waals surface area contributed by atoms with Crippen molar-refractivity contribution in [3.63, 3.8) is 0 Å². The lowest BCUT2D eigenvalue weighted by molar-refractivity contribution is 0.101. The first-order valence-electron chi connectivity index (χ1n) is 8.27. The van der Waals surface area contributed by atoms with Crippen LogP contribution in [0.15, 0.2) is 53.1 Å². The number of carbonyl (C=O) groups excluding carboxylic acids is 2. The van der Waals surface area contributed by atoms with E-state index in [9.17, 15) is 9.59 Å². The maximum absolute atomic E-state index is 12.3. The third kappa shape index (κ3) is 4.14. The third-order valence-electron chi connectivity index (χ3n) is 4.01. The molecule has 0 unspecified atom stereocenters. The van der Waals surface area contributed by atoms with Crippen LogP contribution in [-0.4, -0.2) is 24.1 Å². The lowest BCUT2D eigenvalue weighted by Gasteiger charge is -2.08. The molecule has 27 heavy (non-hydrogen) atoms. The van der Waals surface area contributed by atoms with E-state index in [0.29, 0.717) is 39.7 Å². The van der Waals surface area contributed by atoms with Crippen LogP contribution in [0.25, 0.3) is 0 Å². The number of hydrogen-bond acceptors (Lipinski definition) is 5. The van der Waals surface area contributed by atoms with Gasteiger partial charge in [-0.05, 0) is 62.4 Å². The average molecular weight is 365 g/mol. The molecule has 138 valence electrons. The predicted molar refractivity (Wildman–Crippen MR) is 101 cm³/mol. The molecule has 3 aromatic rings. The summed E-state index contributed by atoms with van der Waals surface area (Å²) in [5.41, 5.74) is 2.65. The van der Waals surface area contributed by atoms with E-state index in [1.165, 1.54) is 0 Å². The van der Waals surface area contributed by atoms with Crippen molar-refractivity contribution in [3.05, 3.63) is 71.1 Å². The van der Waals surface area contributed by atoms with E-state index in [-0.39, 0.29) is 11.8 Å². The number of anilines is 2. The van der Waals surface area contributed by atoms with Gasteiger partial charge < -0.3 is 19.9 Å². The van der Waals surface area contributed by atoms with E-state index < -0.39 is 0 Å². The highest BCUT2D eigenvalue weighted by Crippen LogP contribution is 2.18. The molecular formula is C20H19N3O4. The number of carbonyl (C=O) groups is 2. The monoisotopic (exact) mass is 365 g/mol. The van der Waals surface area contributed by atoms with Gasteiger partial charge in [-0.2, -0.15) is 0 Å². The van der Waals surface area contributed by atoms with Crippen LogP contribution < -0.4 is 15.4 Å². The highest BCUT2D eigenvalue weighted by atomic mass is 16.5. The van der Waals surface area contributed by atoms with Crippen molar-refractivity contribution in [1.29, 1.82) is 0 Å². The molecule has 2 amide bonds. The molecule has 0 aliphatic heterocycles. The molecule has 0 saturated carbocycles. The Kier molecular flexibility index (Phi) is 5.21. The van der Waals surface area contributed by atoms with Gasteiger partial charge in [0.1, 0.15) is 17.1 Å². The number of nitrogens with one attached hydrogen (secondary N) is 2. The molecule has 0 spiro atoms. The first kappa shape index (κ1) is 18.2. The van der Waals surface area contributed by atoms with Crippen molar-refractivity contribution in [3.8, 4) is 5.75 Å². The molecule has 0 radical (unpaired) electrons. The zero-order valence-electron chi connectivity index (χ0n) is 15.2. The number of methoxy groups -OCH3 is 1. The molecule has 0 aliphatic carbocycles. The number of aromatic nitrogens is 1. The summed E-state index contributed by atoms with van der Waals surface area (Å²) in [5.74, 6) is 0.623. The number of aryl methyl sites for hydroxylation is 2. The van der Waals surface area contributed by atoms with Crippen molar-refractivity contribution in [2.24, 2.45) is 0 Å². The molecule has 0 atom stereocenters. The summed E-state index contributed by atoms with van der Waals surface area (Å²) < 4.78 is 10.1. The van der Waals surface area contributed by atoms with Crippen LogP contribution in [0.4, 0.5) is 11.4 Å². The lowest BCUT2D eigenvalue weighted by Crippen LogP contribution is -2.14. The molecule has 7 nitrogen and oxygen atoms in total. The average Bonchev–Trinajstić information content (AvgIpc) is 3.01. The molecule has 1 heterocycles. The Bertz CT molecular complexity index is 940. The minimum atomic E-state index is -0.304. The van der Waals surface area contributed by atoms with Crippen molar-refractivity contribution >= 4 is 23.2 Å². The zero-order chi connectivity index (χ0) is 19.4. The van der Waals surface area contributed by atoms with E-state index in [0.717, 1.165) is 0 Å². The standard InChI is InChI=1S/C20H19N3O4/c1-12-18(13(2)27-23-12)20(25)22-15-6-4-14(5-7-15)19(24)21-16-8-10-17(26-3)11-9-16/h4-11H,1-3H3,(H,21,24)(H,22,25). The van der Waals surface area contributed by atoms with Crippen LogP contribution in [0.3, 0.4) is 0 Å². The zero-order valence-corrected chi connectivity index (χ0v) is 15.2. The minimum absolute atomic E-state index is 0.247. The SMILES string of the molecule is COc1ccc(NC(=O)c2ccc(NC(=O)c3c(C)noc3C)cc2)cc1. The quantitative estimate of drug-likeness (QED) is 0.717. The molecule has 2 N–H and O–H groups in total. The Hall–Kier alpha value is -3.61. The van der Waals surface area contributed by atoms with Crippen molar-refractivity contribution in [2.45, 2.75) is 13.8 Å². The Morgan fingerprint density at radius 3 is 1.96 bits per heavy atom. The van der Waals surface area contributed by atoms with Gasteiger partial charge in [0.2, 0.25) is 0 Å². The van der Waals surface area contributed by atoms with Gasteiger partial charge in [-0.25, -0.2) is 0 Å².